The SMILES string of the molecule is CCOc1ccc2c(c1)C1(C=CC(=O)C=C1)C(=O)N2C. The van der Waals surface area contributed by atoms with Gasteiger partial charge in [-0.15, -0.1) is 0 Å². The van der Waals surface area contributed by atoms with Crippen LogP contribution in [0.1, 0.15) is 12.5 Å². The molecule has 0 aromatic heterocycles. The van der Waals surface area contributed by atoms with Crippen LogP contribution in [0.15, 0.2) is 42.5 Å². The second-order valence-electron chi connectivity index (χ2n) is 4.91. The smallest absolute Gasteiger partial charge is 0.245 e. The van der Waals surface area contributed by atoms with E-state index < -0.39 is 5.41 Å². The molecule has 0 unspecified atom stereocenters. The highest BCUT2D eigenvalue weighted by atomic mass is 16.5. The van der Waals surface area contributed by atoms with Gasteiger partial charge in [-0.05, 0) is 37.3 Å². The minimum atomic E-state index is -0.870. The van der Waals surface area contributed by atoms with Gasteiger partial charge in [-0.3, -0.25) is 9.59 Å². The number of carbonyl (C=O) groups is 2. The van der Waals surface area contributed by atoms with Crippen LogP contribution in [0.3, 0.4) is 0 Å². The largest absolute Gasteiger partial charge is 0.494 e. The van der Waals surface area contributed by atoms with Gasteiger partial charge in [0, 0.05) is 18.3 Å². The van der Waals surface area contributed by atoms with Gasteiger partial charge in [0.15, 0.2) is 5.78 Å². The Morgan fingerprint density at radius 2 is 1.90 bits per heavy atom. The summed E-state index contributed by atoms with van der Waals surface area (Å²) in [5, 5.41) is 0. The van der Waals surface area contributed by atoms with E-state index in [1.165, 1.54) is 12.2 Å². The molecule has 0 fully saturated rings. The number of hydrogen-bond acceptors (Lipinski definition) is 3. The lowest BCUT2D eigenvalue weighted by Crippen LogP contribution is -2.36. The summed E-state index contributed by atoms with van der Waals surface area (Å²) in [5.74, 6) is 0.578. The van der Waals surface area contributed by atoms with Crippen molar-refractivity contribution in [3.63, 3.8) is 0 Å². The van der Waals surface area contributed by atoms with E-state index in [0.29, 0.717) is 6.61 Å². The molecule has 20 heavy (non-hydrogen) atoms. The van der Waals surface area contributed by atoms with Crippen molar-refractivity contribution < 1.29 is 14.3 Å². The van der Waals surface area contributed by atoms with Crippen molar-refractivity contribution in [2.24, 2.45) is 0 Å². The number of fused-ring (bicyclic) bond motifs is 2. The van der Waals surface area contributed by atoms with Crippen LogP contribution in [0, 0.1) is 0 Å². The molecule has 0 bridgehead atoms. The molecule has 0 saturated heterocycles. The van der Waals surface area contributed by atoms with Gasteiger partial charge in [-0.25, -0.2) is 0 Å². The minimum absolute atomic E-state index is 0.0545. The maximum Gasteiger partial charge on any atom is 0.245 e. The Labute approximate surface area is 117 Å². The number of ketones is 1. The van der Waals surface area contributed by atoms with Gasteiger partial charge >= 0.3 is 0 Å². The highest BCUT2D eigenvalue weighted by Crippen LogP contribution is 2.45. The monoisotopic (exact) mass is 269 g/mol. The summed E-state index contributed by atoms with van der Waals surface area (Å²) in [4.78, 5) is 25.6. The van der Waals surface area contributed by atoms with E-state index in [0.717, 1.165) is 17.0 Å². The highest BCUT2D eigenvalue weighted by Gasteiger charge is 2.47. The molecular weight excluding hydrogens is 254 g/mol. The van der Waals surface area contributed by atoms with Crippen molar-refractivity contribution in [1.29, 1.82) is 0 Å². The third-order valence-corrected chi connectivity index (χ3v) is 3.77. The van der Waals surface area contributed by atoms with Gasteiger partial charge < -0.3 is 9.64 Å². The van der Waals surface area contributed by atoms with Crippen molar-refractivity contribution in [3.8, 4) is 5.75 Å². The number of anilines is 1. The lowest BCUT2D eigenvalue weighted by molar-refractivity contribution is -0.120. The number of carbonyl (C=O) groups excluding carboxylic acids is 2. The first-order valence-electron chi connectivity index (χ1n) is 6.56. The fraction of sp³-hybridized carbons (Fsp3) is 0.250. The number of allylic oxidation sites excluding steroid dienone is 2. The number of nitrogens with zero attached hydrogens (tertiary/aromatic N) is 1. The number of benzene rings is 1. The van der Waals surface area contributed by atoms with Crippen molar-refractivity contribution in [1.82, 2.24) is 0 Å². The van der Waals surface area contributed by atoms with Crippen molar-refractivity contribution in [2.75, 3.05) is 18.6 Å². The van der Waals surface area contributed by atoms with Crippen LogP contribution in [-0.2, 0) is 15.0 Å². The maximum absolute atomic E-state index is 12.6. The van der Waals surface area contributed by atoms with E-state index in [4.69, 9.17) is 4.74 Å². The fourth-order valence-corrected chi connectivity index (χ4v) is 2.76. The Morgan fingerprint density at radius 1 is 1.20 bits per heavy atom. The molecule has 0 radical (unpaired) electrons. The lowest BCUT2D eigenvalue weighted by atomic mass is 9.78. The normalized spacial score (nSPS) is 18.8. The molecule has 0 saturated carbocycles. The van der Waals surface area contributed by atoms with Crippen molar-refractivity contribution in [2.45, 2.75) is 12.3 Å². The number of hydrogen-bond donors (Lipinski definition) is 0. The molecule has 1 aromatic carbocycles. The third-order valence-electron chi connectivity index (χ3n) is 3.77. The topological polar surface area (TPSA) is 46.6 Å². The molecule has 1 aliphatic heterocycles. The molecule has 102 valence electrons. The molecule has 4 nitrogen and oxygen atoms in total. The number of likely N-dealkylation sites (N-methyl/N-ethyl adjacent to an activating group) is 1. The number of ether oxygens (including phenoxy) is 1. The Balaban J connectivity index is 2.18. The van der Waals surface area contributed by atoms with Crippen LogP contribution in [-0.4, -0.2) is 25.3 Å². The van der Waals surface area contributed by atoms with Crippen LogP contribution in [0.5, 0.6) is 5.75 Å². The first-order valence-corrected chi connectivity index (χ1v) is 6.56. The molecule has 1 aliphatic carbocycles. The molecule has 0 atom stereocenters. The van der Waals surface area contributed by atoms with Gasteiger partial charge in [0.2, 0.25) is 5.91 Å². The first-order chi connectivity index (χ1) is 9.58. The summed E-state index contributed by atoms with van der Waals surface area (Å²) in [6.45, 7) is 2.49. The Kier molecular flexibility index (Phi) is 2.74. The first kappa shape index (κ1) is 12.7. The number of rotatable bonds is 2. The third kappa shape index (κ3) is 1.61. The minimum Gasteiger partial charge on any atom is -0.494 e. The van der Waals surface area contributed by atoms with Crippen LogP contribution in [0.4, 0.5) is 5.69 Å². The van der Waals surface area contributed by atoms with Crippen LogP contribution >= 0.6 is 0 Å². The average Bonchev–Trinajstić information content (AvgIpc) is 2.65. The standard InChI is InChI=1S/C16H15NO3/c1-3-20-12-4-5-14-13(10-12)16(15(19)17(14)2)8-6-11(18)7-9-16/h4-10H,3H2,1-2H3. The van der Waals surface area contributed by atoms with Gasteiger partial charge in [-0.2, -0.15) is 0 Å². The highest BCUT2D eigenvalue weighted by molar-refractivity contribution is 6.14. The molecule has 1 spiro atoms. The van der Waals surface area contributed by atoms with Crippen LogP contribution in [0.2, 0.25) is 0 Å². The maximum atomic E-state index is 12.6. The second kappa shape index (κ2) is 4.34. The van der Waals surface area contributed by atoms with Gasteiger partial charge in [0.05, 0.1) is 6.61 Å². The predicted molar refractivity (Wildman–Crippen MR) is 76.0 cm³/mol. The van der Waals surface area contributed by atoms with E-state index in [1.54, 1.807) is 24.1 Å². The van der Waals surface area contributed by atoms with E-state index in [-0.39, 0.29) is 11.7 Å². The molecule has 1 heterocycles. The lowest BCUT2D eigenvalue weighted by Gasteiger charge is -2.22. The summed E-state index contributed by atoms with van der Waals surface area (Å²) in [7, 11) is 1.74. The Morgan fingerprint density at radius 3 is 2.55 bits per heavy atom. The van der Waals surface area contributed by atoms with Gasteiger partial charge in [-0.1, -0.05) is 12.2 Å². The number of amides is 1. The molecule has 0 N–H and O–H groups in total. The van der Waals surface area contributed by atoms with Crippen molar-refractivity contribution in [3.05, 3.63) is 48.1 Å². The summed E-state index contributed by atoms with van der Waals surface area (Å²) in [6, 6.07) is 5.61. The zero-order valence-corrected chi connectivity index (χ0v) is 11.4. The molecule has 2 aliphatic rings. The second-order valence-corrected chi connectivity index (χ2v) is 4.91. The van der Waals surface area contributed by atoms with Gasteiger partial charge in [0.1, 0.15) is 11.2 Å². The summed E-state index contributed by atoms with van der Waals surface area (Å²) in [5.41, 5.74) is 0.837. The van der Waals surface area contributed by atoms with Crippen LogP contribution < -0.4 is 9.64 Å². The molecule has 3 rings (SSSR count). The Hall–Kier alpha value is -2.36. The zero-order valence-electron chi connectivity index (χ0n) is 11.4. The summed E-state index contributed by atoms with van der Waals surface area (Å²) >= 11 is 0. The summed E-state index contributed by atoms with van der Waals surface area (Å²) < 4.78 is 5.51. The Bertz CT molecular complexity index is 642. The fourth-order valence-electron chi connectivity index (χ4n) is 2.76. The molecule has 1 amide bonds. The quantitative estimate of drug-likeness (QED) is 0.825. The van der Waals surface area contributed by atoms with E-state index in [9.17, 15) is 9.59 Å². The van der Waals surface area contributed by atoms with Crippen molar-refractivity contribution >= 4 is 17.4 Å². The van der Waals surface area contributed by atoms with Crippen LogP contribution in [0.25, 0.3) is 0 Å². The van der Waals surface area contributed by atoms with Gasteiger partial charge in [0.25, 0.3) is 0 Å². The zero-order chi connectivity index (χ0) is 14.3. The predicted octanol–water partition coefficient (Wildman–Crippen LogP) is 1.99. The molecular formula is C16H15NO3. The molecule has 1 aromatic rings. The summed E-state index contributed by atoms with van der Waals surface area (Å²) in [6.07, 6.45) is 6.26. The molecule has 4 heteroatoms. The van der Waals surface area contributed by atoms with E-state index >= 15 is 0 Å². The van der Waals surface area contributed by atoms with E-state index in [2.05, 4.69) is 0 Å². The van der Waals surface area contributed by atoms with E-state index in [1.807, 2.05) is 25.1 Å². The average molecular weight is 269 g/mol.